The Morgan fingerprint density at radius 1 is 1.02 bits per heavy atom. The van der Waals surface area contributed by atoms with Crippen molar-refractivity contribution < 1.29 is 22.9 Å². The number of amides is 2. The lowest BCUT2D eigenvalue weighted by Gasteiger charge is -2.34. The van der Waals surface area contributed by atoms with Crippen molar-refractivity contribution in [3.8, 4) is 0 Å². The van der Waals surface area contributed by atoms with Crippen LogP contribution in [0.4, 0.5) is 11.4 Å². The summed E-state index contributed by atoms with van der Waals surface area (Å²) in [6.45, 7) is 4.98. The summed E-state index contributed by atoms with van der Waals surface area (Å²) in [5, 5.41) is 15.0. The molecule has 0 fully saturated rings. The van der Waals surface area contributed by atoms with Crippen LogP contribution in [0.2, 0.25) is 10.0 Å². The van der Waals surface area contributed by atoms with Gasteiger partial charge in [0.25, 0.3) is 5.69 Å². The second kappa shape index (κ2) is 14.7. The molecule has 10 nitrogen and oxygen atoms in total. The maximum atomic E-state index is 14.2. The predicted octanol–water partition coefficient (Wildman–Crippen LogP) is 5.39. The van der Waals surface area contributed by atoms with Crippen LogP contribution in [0.3, 0.4) is 0 Å². The Morgan fingerprint density at radius 2 is 1.70 bits per heavy atom. The molecule has 0 unspecified atom stereocenters. The molecule has 0 bridgehead atoms. The standard InChI is InChI=1S/C30H34Cl2N4O6S/c1-20(2)17-33-30(38)28(14-22-8-6-5-7-9-22)34(18-23-11-12-24(31)15-26(23)32)29(37)19-35(43(4,41)42)27-16-25(36(39)40)13-10-21(27)3/h5-13,15-16,20,28H,14,17-19H2,1-4H3,(H,33,38)/t28-/m0/s1. The van der Waals surface area contributed by atoms with Gasteiger partial charge in [0.15, 0.2) is 0 Å². The molecule has 0 heterocycles. The van der Waals surface area contributed by atoms with Crippen LogP contribution < -0.4 is 9.62 Å². The summed E-state index contributed by atoms with van der Waals surface area (Å²) >= 11 is 12.6. The fourth-order valence-corrected chi connectivity index (χ4v) is 5.75. The first-order chi connectivity index (χ1) is 20.2. The lowest BCUT2D eigenvalue weighted by atomic mass is 10.0. The van der Waals surface area contributed by atoms with Crippen molar-refractivity contribution in [1.29, 1.82) is 0 Å². The Hall–Kier alpha value is -3.67. The van der Waals surface area contributed by atoms with Crippen molar-refractivity contribution >= 4 is 56.4 Å². The summed E-state index contributed by atoms with van der Waals surface area (Å²) in [5.41, 5.74) is 1.33. The molecule has 0 aromatic heterocycles. The van der Waals surface area contributed by atoms with Gasteiger partial charge in [-0.15, -0.1) is 0 Å². The Kier molecular flexibility index (Phi) is 11.5. The molecule has 2 amide bonds. The lowest BCUT2D eigenvalue weighted by Crippen LogP contribution is -2.53. The van der Waals surface area contributed by atoms with Crippen molar-refractivity contribution in [3.63, 3.8) is 0 Å². The van der Waals surface area contributed by atoms with E-state index in [1.165, 1.54) is 23.1 Å². The van der Waals surface area contributed by atoms with Gasteiger partial charge in [-0.25, -0.2) is 8.42 Å². The van der Waals surface area contributed by atoms with Gasteiger partial charge in [0, 0.05) is 41.7 Å². The molecule has 0 spiro atoms. The molecule has 13 heteroatoms. The van der Waals surface area contributed by atoms with Gasteiger partial charge in [0.1, 0.15) is 12.6 Å². The monoisotopic (exact) mass is 648 g/mol. The van der Waals surface area contributed by atoms with E-state index in [1.807, 2.05) is 44.2 Å². The van der Waals surface area contributed by atoms with Gasteiger partial charge in [-0.2, -0.15) is 0 Å². The zero-order valence-electron chi connectivity index (χ0n) is 24.3. The zero-order chi connectivity index (χ0) is 31.9. The van der Waals surface area contributed by atoms with Gasteiger partial charge in [-0.3, -0.25) is 24.0 Å². The summed E-state index contributed by atoms with van der Waals surface area (Å²) in [7, 11) is -4.11. The molecule has 0 radical (unpaired) electrons. The summed E-state index contributed by atoms with van der Waals surface area (Å²) in [6.07, 6.45) is 1.05. The van der Waals surface area contributed by atoms with Crippen molar-refractivity contribution in [2.75, 3.05) is 23.7 Å². The Bertz CT molecular complexity index is 1580. The number of benzene rings is 3. The first kappa shape index (κ1) is 33.8. The molecule has 1 N–H and O–H groups in total. The van der Waals surface area contributed by atoms with Gasteiger partial charge in [0.05, 0.1) is 16.9 Å². The van der Waals surface area contributed by atoms with E-state index in [0.717, 1.165) is 22.2 Å². The molecule has 0 saturated heterocycles. The number of nitrogens with zero attached hydrogens (tertiary/aromatic N) is 3. The molecular weight excluding hydrogens is 615 g/mol. The molecule has 1 atom stereocenters. The number of aryl methyl sites for hydroxylation is 1. The fourth-order valence-electron chi connectivity index (χ4n) is 4.38. The highest BCUT2D eigenvalue weighted by Gasteiger charge is 2.34. The molecule has 0 aliphatic carbocycles. The number of rotatable bonds is 13. The van der Waals surface area contributed by atoms with Gasteiger partial charge in [0.2, 0.25) is 21.8 Å². The van der Waals surface area contributed by atoms with Crippen LogP contribution in [0, 0.1) is 23.0 Å². The number of nitro benzene ring substituents is 1. The highest BCUT2D eigenvalue weighted by Crippen LogP contribution is 2.29. The smallest absolute Gasteiger partial charge is 0.271 e. The second-order valence-corrected chi connectivity index (χ2v) is 13.3. The molecule has 0 aliphatic heterocycles. The molecule has 3 aromatic rings. The first-order valence-electron chi connectivity index (χ1n) is 13.4. The number of carbonyl (C=O) groups excluding carboxylic acids is 2. The van der Waals surface area contributed by atoms with Crippen LogP contribution in [0.25, 0.3) is 0 Å². The molecule has 230 valence electrons. The average molecular weight is 650 g/mol. The number of hydrogen-bond acceptors (Lipinski definition) is 6. The van der Waals surface area contributed by atoms with E-state index < -0.39 is 39.3 Å². The number of anilines is 1. The maximum absolute atomic E-state index is 14.2. The fraction of sp³-hybridized carbons (Fsp3) is 0.333. The van der Waals surface area contributed by atoms with Crippen LogP contribution in [0.15, 0.2) is 66.7 Å². The van der Waals surface area contributed by atoms with Crippen LogP contribution in [-0.2, 0) is 32.6 Å². The maximum Gasteiger partial charge on any atom is 0.271 e. The molecule has 43 heavy (non-hydrogen) atoms. The Morgan fingerprint density at radius 3 is 2.28 bits per heavy atom. The largest absolute Gasteiger partial charge is 0.354 e. The number of non-ortho nitro benzene ring substituents is 1. The summed E-state index contributed by atoms with van der Waals surface area (Å²) in [6, 6.07) is 16.6. The average Bonchev–Trinajstić information content (AvgIpc) is 2.93. The number of sulfonamides is 1. The number of nitro groups is 1. The Labute approximate surface area is 261 Å². The van der Waals surface area contributed by atoms with E-state index in [9.17, 15) is 28.1 Å². The second-order valence-electron chi connectivity index (χ2n) is 10.6. The molecule has 3 rings (SSSR count). The highest BCUT2D eigenvalue weighted by molar-refractivity contribution is 7.92. The van der Waals surface area contributed by atoms with Gasteiger partial charge >= 0.3 is 0 Å². The van der Waals surface area contributed by atoms with E-state index in [0.29, 0.717) is 22.7 Å². The molecule has 0 aliphatic rings. The van der Waals surface area contributed by atoms with Crippen molar-refractivity contribution in [3.05, 3.63) is 104 Å². The van der Waals surface area contributed by atoms with E-state index in [2.05, 4.69) is 5.32 Å². The van der Waals surface area contributed by atoms with Gasteiger partial charge < -0.3 is 10.2 Å². The quantitative estimate of drug-likeness (QED) is 0.195. The summed E-state index contributed by atoms with van der Waals surface area (Å²) in [5.74, 6) is -0.995. The van der Waals surface area contributed by atoms with Crippen molar-refractivity contribution in [2.45, 2.75) is 39.8 Å². The molecule has 3 aromatic carbocycles. The summed E-state index contributed by atoms with van der Waals surface area (Å²) < 4.78 is 26.9. The number of halogens is 2. The zero-order valence-corrected chi connectivity index (χ0v) is 26.6. The lowest BCUT2D eigenvalue weighted by molar-refractivity contribution is -0.384. The minimum Gasteiger partial charge on any atom is -0.354 e. The minimum atomic E-state index is -4.11. The van der Waals surface area contributed by atoms with Gasteiger partial charge in [-0.1, -0.05) is 79.5 Å². The third-order valence-electron chi connectivity index (χ3n) is 6.66. The Balaban J connectivity index is 2.13. The van der Waals surface area contributed by atoms with Crippen LogP contribution >= 0.6 is 23.2 Å². The highest BCUT2D eigenvalue weighted by atomic mass is 35.5. The number of nitrogens with one attached hydrogen (secondary N) is 1. The third-order valence-corrected chi connectivity index (χ3v) is 8.38. The van der Waals surface area contributed by atoms with Crippen LogP contribution in [0.1, 0.15) is 30.5 Å². The SMILES string of the molecule is Cc1ccc([N+](=O)[O-])cc1N(CC(=O)N(Cc1ccc(Cl)cc1Cl)[C@@H](Cc1ccccc1)C(=O)NCC(C)C)S(C)(=O)=O. The van der Waals surface area contributed by atoms with Crippen molar-refractivity contribution in [2.24, 2.45) is 5.92 Å². The third kappa shape index (κ3) is 9.41. The summed E-state index contributed by atoms with van der Waals surface area (Å²) in [4.78, 5) is 40.0. The first-order valence-corrected chi connectivity index (χ1v) is 16.1. The predicted molar refractivity (Wildman–Crippen MR) is 169 cm³/mol. The topological polar surface area (TPSA) is 130 Å². The van der Waals surface area contributed by atoms with E-state index in [1.54, 1.807) is 19.1 Å². The minimum absolute atomic E-state index is 0.0154. The van der Waals surface area contributed by atoms with Crippen molar-refractivity contribution in [1.82, 2.24) is 10.2 Å². The number of hydrogen-bond donors (Lipinski definition) is 1. The van der Waals surface area contributed by atoms with Crippen LogP contribution in [-0.4, -0.2) is 55.4 Å². The number of carbonyl (C=O) groups is 2. The molecule has 0 saturated carbocycles. The van der Waals surface area contributed by atoms with Crippen LogP contribution in [0.5, 0.6) is 0 Å². The van der Waals surface area contributed by atoms with E-state index in [4.69, 9.17) is 23.2 Å². The normalized spacial score (nSPS) is 12.1. The van der Waals surface area contributed by atoms with E-state index >= 15 is 0 Å². The van der Waals surface area contributed by atoms with Gasteiger partial charge in [-0.05, 0) is 41.7 Å². The molecular formula is C30H34Cl2N4O6S. The van der Waals surface area contributed by atoms with E-state index in [-0.39, 0.29) is 35.3 Å².